The van der Waals surface area contributed by atoms with Gasteiger partial charge in [-0.2, -0.15) is 5.26 Å². The highest BCUT2D eigenvalue weighted by atomic mass is 35.5. The fourth-order valence-corrected chi connectivity index (χ4v) is 3.86. The molecule has 1 fully saturated rings. The molecule has 1 aliphatic carbocycles. The number of rotatable bonds is 3. The van der Waals surface area contributed by atoms with Crippen molar-refractivity contribution in [2.24, 2.45) is 0 Å². The second-order valence-corrected chi connectivity index (χ2v) is 6.75. The molecule has 0 unspecified atom stereocenters. The second-order valence-electron chi connectivity index (χ2n) is 6.31. The lowest BCUT2D eigenvalue weighted by Gasteiger charge is -2.17. The molecule has 3 rings (SSSR count). The molecule has 0 N–H and O–H groups in total. The number of nitriles is 1. The smallest absolute Gasteiger partial charge is 0.0998 e. The molecule has 3 heteroatoms. The molecular formula is C20H21ClN2. The standard InChI is InChI=1S/C20H21ClN2/c1-14-10-17(15(2)23(14)20-8-3-4-9-20)11-18(13-22)16-6-5-7-19(21)12-16/h5-7,10-12,20H,3-4,8-9H2,1-2H3/b18-11-. The Bertz CT molecular complexity index is 786. The molecule has 0 saturated heterocycles. The van der Waals surface area contributed by atoms with Crippen molar-refractivity contribution in [1.29, 1.82) is 5.26 Å². The van der Waals surface area contributed by atoms with Gasteiger partial charge in [0.25, 0.3) is 0 Å². The molecule has 0 bridgehead atoms. The fourth-order valence-electron chi connectivity index (χ4n) is 3.66. The molecule has 1 aliphatic rings. The van der Waals surface area contributed by atoms with Crippen LogP contribution in [0.1, 0.15) is 54.2 Å². The summed E-state index contributed by atoms with van der Waals surface area (Å²) in [7, 11) is 0. The Kier molecular flexibility index (Phi) is 4.59. The maximum absolute atomic E-state index is 9.54. The highest BCUT2D eigenvalue weighted by Crippen LogP contribution is 2.34. The van der Waals surface area contributed by atoms with E-state index >= 15 is 0 Å². The van der Waals surface area contributed by atoms with Gasteiger partial charge in [0.1, 0.15) is 0 Å². The van der Waals surface area contributed by atoms with Gasteiger partial charge in [0, 0.05) is 22.5 Å². The number of hydrogen-bond acceptors (Lipinski definition) is 1. The van der Waals surface area contributed by atoms with Crippen LogP contribution in [0.15, 0.2) is 30.3 Å². The summed E-state index contributed by atoms with van der Waals surface area (Å²) in [4.78, 5) is 0. The van der Waals surface area contributed by atoms with Crippen LogP contribution in [0.25, 0.3) is 11.6 Å². The van der Waals surface area contributed by atoms with E-state index in [0.29, 0.717) is 16.6 Å². The number of aryl methyl sites for hydroxylation is 1. The number of aromatic nitrogens is 1. The topological polar surface area (TPSA) is 28.7 Å². The molecule has 1 saturated carbocycles. The number of halogens is 1. The Labute approximate surface area is 143 Å². The van der Waals surface area contributed by atoms with Crippen LogP contribution >= 0.6 is 11.6 Å². The van der Waals surface area contributed by atoms with Gasteiger partial charge in [-0.05, 0) is 62.1 Å². The minimum Gasteiger partial charge on any atom is -0.346 e. The number of benzene rings is 1. The Morgan fingerprint density at radius 1 is 1.26 bits per heavy atom. The average Bonchev–Trinajstić information content (AvgIpc) is 3.13. The number of nitrogens with zero attached hydrogens (tertiary/aromatic N) is 2. The lowest BCUT2D eigenvalue weighted by molar-refractivity contribution is 0.500. The van der Waals surface area contributed by atoms with Crippen molar-refractivity contribution in [3.05, 3.63) is 57.9 Å². The zero-order chi connectivity index (χ0) is 16.4. The van der Waals surface area contributed by atoms with E-state index in [-0.39, 0.29) is 0 Å². The average molecular weight is 325 g/mol. The maximum atomic E-state index is 9.54. The number of allylic oxidation sites excluding steroid dienone is 1. The van der Waals surface area contributed by atoms with Crippen LogP contribution in [0.4, 0.5) is 0 Å². The first-order valence-corrected chi connectivity index (χ1v) is 8.54. The minimum absolute atomic E-state index is 0.619. The van der Waals surface area contributed by atoms with Crippen molar-refractivity contribution in [2.45, 2.75) is 45.6 Å². The molecule has 0 aliphatic heterocycles. The molecule has 0 spiro atoms. The van der Waals surface area contributed by atoms with Gasteiger partial charge in [0.05, 0.1) is 11.6 Å². The molecule has 1 aromatic carbocycles. The number of hydrogen-bond donors (Lipinski definition) is 0. The van der Waals surface area contributed by atoms with E-state index in [4.69, 9.17) is 11.6 Å². The van der Waals surface area contributed by atoms with Crippen LogP contribution in [0.3, 0.4) is 0 Å². The van der Waals surface area contributed by atoms with Crippen LogP contribution in [0, 0.1) is 25.2 Å². The van der Waals surface area contributed by atoms with E-state index in [1.54, 1.807) is 0 Å². The lowest BCUT2D eigenvalue weighted by atomic mass is 10.0. The zero-order valence-electron chi connectivity index (χ0n) is 13.6. The highest BCUT2D eigenvalue weighted by Gasteiger charge is 2.21. The quantitative estimate of drug-likeness (QED) is 0.642. The largest absolute Gasteiger partial charge is 0.346 e. The SMILES string of the molecule is Cc1cc(/C=C(/C#N)c2cccc(Cl)c2)c(C)n1C1CCCC1. The maximum Gasteiger partial charge on any atom is 0.0998 e. The van der Waals surface area contributed by atoms with Crippen molar-refractivity contribution in [2.75, 3.05) is 0 Å². The van der Waals surface area contributed by atoms with E-state index in [1.165, 1.54) is 37.1 Å². The molecule has 2 nitrogen and oxygen atoms in total. The van der Waals surface area contributed by atoms with Gasteiger partial charge < -0.3 is 4.57 Å². The van der Waals surface area contributed by atoms with E-state index in [9.17, 15) is 5.26 Å². The monoisotopic (exact) mass is 324 g/mol. The van der Waals surface area contributed by atoms with Crippen LogP contribution in [0.5, 0.6) is 0 Å². The van der Waals surface area contributed by atoms with Gasteiger partial charge in [0.15, 0.2) is 0 Å². The molecule has 2 aromatic rings. The Morgan fingerprint density at radius 2 is 2.00 bits per heavy atom. The van der Waals surface area contributed by atoms with Crippen molar-refractivity contribution in [3.8, 4) is 6.07 Å². The van der Waals surface area contributed by atoms with Crippen LogP contribution in [-0.4, -0.2) is 4.57 Å². The van der Waals surface area contributed by atoms with Crippen LogP contribution < -0.4 is 0 Å². The molecule has 1 aromatic heterocycles. The Hall–Kier alpha value is -1.98. The molecule has 0 amide bonds. The molecular weight excluding hydrogens is 304 g/mol. The summed E-state index contributed by atoms with van der Waals surface area (Å²) in [6, 6.07) is 12.6. The first kappa shape index (κ1) is 15.9. The van der Waals surface area contributed by atoms with Gasteiger partial charge in [-0.3, -0.25) is 0 Å². The van der Waals surface area contributed by atoms with Crippen molar-refractivity contribution < 1.29 is 0 Å². The Balaban J connectivity index is 2.01. The third kappa shape index (κ3) is 3.21. The first-order chi connectivity index (χ1) is 11.1. The van der Waals surface area contributed by atoms with Crippen molar-refractivity contribution >= 4 is 23.3 Å². The van der Waals surface area contributed by atoms with Gasteiger partial charge >= 0.3 is 0 Å². The summed E-state index contributed by atoms with van der Waals surface area (Å²) < 4.78 is 2.45. The molecule has 0 radical (unpaired) electrons. The summed E-state index contributed by atoms with van der Waals surface area (Å²) in [6.45, 7) is 4.32. The second kappa shape index (κ2) is 6.64. The third-order valence-electron chi connectivity index (χ3n) is 4.77. The molecule has 23 heavy (non-hydrogen) atoms. The summed E-state index contributed by atoms with van der Waals surface area (Å²) in [5.41, 5.74) is 5.18. The highest BCUT2D eigenvalue weighted by molar-refractivity contribution is 6.30. The van der Waals surface area contributed by atoms with Gasteiger partial charge in [-0.1, -0.05) is 36.6 Å². The zero-order valence-corrected chi connectivity index (χ0v) is 14.4. The fraction of sp³-hybridized carbons (Fsp3) is 0.350. The summed E-state index contributed by atoms with van der Waals surface area (Å²) in [5.74, 6) is 0. The molecule has 1 heterocycles. The van der Waals surface area contributed by atoms with Gasteiger partial charge in [-0.15, -0.1) is 0 Å². The van der Waals surface area contributed by atoms with Gasteiger partial charge in [0.2, 0.25) is 0 Å². The summed E-state index contributed by atoms with van der Waals surface area (Å²) >= 11 is 6.05. The predicted octanol–water partition coefficient (Wildman–Crippen LogP) is 5.94. The molecule has 118 valence electrons. The summed E-state index contributed by atoms with van der Waals surface area (Å²) in [5, 5.41) is 10.2. The van der Waals surface area contributed by atoms with Crippen molar-refractivity contribution in [3.63, 3.8) is 0 Å². The summed E-state index contributed by atoms with van der Waals surface area (Å²) in [6.07, 6.45) is 7.15. The van der Waals surface area contributed by atoms with Gasteiger partial charge in [-0.25, -0.2) is 0 Å². The Morgan fingerprint density at radius 3 is 2.65 bits per heavy atom. The van der Waals surface area contributed by atoms with E-state index in [1.807, 2.05) is 30.3 Å². The van der Waals surface area contributed by atoms with E-state index < -0.39 is 0 Å². The van der Waals surface area contributed by atoms with E-state index in [0.717, 1.165) is 11.1 Å². The first-order valence-electron chi connectivity index (χ1n) is 8.16. The van der Waals surface area contributed by atoms with Crippen LogP contribution in [0.2, 0.25) is 5.02 Å². The van der Waals surface area contributed by atoms with E-state index in [2.05, 4.69) is 30.6 Å². The van der Waals surface area contributed by atoms with Crippen LogP contribution in [-0.2, 0) is 0 Å². The molecule has 0 atom stereocenters. The third-order valence-corrected chi connectivity index (χ3v) is 5.00. The van der Waals surface area contributed by atoms with Crippen molar-refractivity contribution in [1.82, 2.24) is 4.57 Å². The lowest BCUT2D eigenvalue weighted by Crippen LogP contribution is -2.08. The normalized spacial score (nSPS) is 15.8. The predicted molar refractivity (Wildman–Crippen MR) is 96.3 cm³/mol. The minimum atomic E-state index is 0.619.